The average Bonchev–Trinajstić information content (AvgIpc) is 3.06. The molecule has 0 saturated carbocycles. The molecular weight excluding hydrogens is 499 g/mol. The molecule has 198 valence electrons. The van der Waals surface area contributed by atoms with E-state index in [1.165, 1.54) is 6.20 Å². The van der Waals surface area contributed by atoms with Gasteiger partial charge in [-0.3, -0.25) is 14.4 Å². The molecule has 1 N–H and O–H groups in total. The van der Waals surface area contributed by atoms with Gasteiger partial charge in [0.25, 0.3) is 11.8 Å². The number of nitrogens with zero attached hydrogens (tertiary/aromatic N) is 2. The predicted octanol–water partition coefficient (Wildman–Crippen LogP) is 4.20. The minimum Gasteiger partial charge on any atom is -0.483 e. The minimum atomic E-state index is -1.16. The molecule has 3 heterocycles. The smallest absolute Gasteiger partial charge is 0.274 e. The second-order valence-electron chi connectivity index (χ2n) is 9.70. The minimum absolute atomic E-state index is 0.00630. The van der Waals surface area contributed by atoms with Crippen molar-refractivity contribution in [2.45, 2.75) is 39.0 Å². The van der Waals surface area contributed by atoms with Crippen molar-refractivity contribution in [2.24, 2.45) is 5.92 Å². The van der Waals surface area contributed by atoms with Gasteiger partial charge in [-0.2, -0.15) is 0 Å². The molecule has 10 heteroatoms. The summed E-state index contributed by atoms with van der Waals surface area (Å²) in [6.07, 6.45) is 3.00. The Hall–Kier alpha value is -4.08. The van der Waals surface area contributed by atoms with E-state index in [9.17, 15) is 27.6 Å². The van der Waals surface area contributed by atoms with Crippen LogP contribution in [0.15, 0.2) is 53.5 Å². The third kappa shape index (κ3) is 4.78. The fourth-order valence-corrected chi connectivity index (χ4v) is 5.10. The maximum absolute atomic E-state index is 14.1. The number of aromatic nitrogens is 1. The fourth-order valence-electron chi connectivity index (χ4n) is 5.10. The molecule has 0 spiro atoms. The third-order valence-electron chi connectivity index (χ3n) is 7.19. The second-order valence-corrected chi connectivity index (χ2v) is 9.70. The lowest BCUT2D eigenvalue weighted by Crippen LogP contribution is -2.46. The van der Waals surface area contributed by atoms with Crippen LogP contribution in [-0.2, 0) is 13.2 Å². The lowest BCUT2D eigenvalue weighted by Gasteiger charge is -2.37. The van der Waals surface area contributed by atoms with E-state index in [0.717, 1.165) is 18.4 Å². The van der Waals surface area contributed by atoms with Crippen molar-refractivity contribution >= 4 is 11.8 Å². The first kappa shape index (κ1) is 25.6. The fraction of sp³-hybridized carbons (Fsp3) is 0.321. The van der Waals surface area contributed by atoms with Gasteiger partial charge in [-0.25, -0.2) is 13.2 Å². The van der Waals surface area contributed by atoms with Crippen LogP contribution in [0.5, 0.6) is 5.75 Å². The highest BCUT2D eigenvalue weighted by Crippen LogP contribution is 2.35. The number of nitrogens with one attached hydrogen (secondary N) is 1. The van der Waals surface area contributed by atoms with Crippen LogP contribution in [0.3, 0.4) is 0 Å². The molecule has 2 aliphatic rings. The first-order valence-electron chi connectivity index (χ1n) is 12.4. The van der Waals surface area contributed by atoms with Gasteiger partial charge in [-0.05, 0) is 24.3 Å². The Morgan fingerprint density at radius 2 is 1.82 bits per heavy atom. The number of hydrogen-bond acceptors (Lipinski definition) is 4. The van der Waals surface area contributed by atoms with Gasteiger partial charge in [-0.15, -0.1) is 0 Å². The van der Waals surface area contributed by atoms with Crippen LogP contribution >= 0.6 is 0 Å². The Morgan fingerprint density at radius 1 is 1.11 bits per heavy atom. The summed E-state index contributed by atoms with van der Waals surface area (Å²) < 4.78 is 49.0. The normalized spacial score (nSPS) is 18.5. The molecule has 2 aliphatic heterocycles. The monoisotopic (exact) mass is 525 g/mol. The van der Waals surface area contributed by atoms with Crippen LogP contribution in [0.25, 0.3) is 0 Å². The molecular formula is C28H26F3N3O4. The standard InChI is InChI=1S/C28H26F3N3O4/c1-16-6-5-9-33-14-23(16)34-13-20(27(36)32-12-19-21(30)10-18(29)11-22(19)31)25(35)26(24(34)28(33)37)38-15-17-7-3-2-4-8-17/h2-4,7-8,10-11,13,16,23H,5-6,9,12,14-15H2,1H3,(H,32,36)/t16?,23-/m1/s1. The molecule has 3 aromatic rings. The zero-order valence-electron chi connectivity index (χ0n) is 20.7. The molecule has 1 fully saturated rings. The summed E-state index contributed by atoms with van der Waals surface area (Å²) in [5.41, 5.74) is -0.815. The van der Waals surface area contributed by atoms with Crippen LogP contribution in [0.1, 0.15) is 57.8 Å². The SMILES string of the molecule is CC1CCCN2C[C@H]1n1cc(C(=O)NCc3c(F)cc(F)cc3F)c(=O)c(OCc3ccccc3)c1C2=O. The third-order valence-corrected chi connectivity index (χ3v) is 7.19. The Balaban J connectivity index is 1.55. The Kier molecular flexibility index (Phi) is 6.96. The van der Waals surface area contributed by atoms with Crippen molar-refractivity contribution in [3.63, 3.8) is 0 Å². The highest BCUT2D eigenvalue weighted by Gasteiger charge is 2.39. The first-order valence-corrected chi connectivity index (χ1v) is 12.4. The number of halogens is 3. The number of amides is 2. The summed E-state index contributed by atoms with van der Waals surface area (Å²) in [5, 5.41) is 2.35. The van der Waals surface area contributed by atoms with Gasteiger partial charge in [0.1, 0.15) is 29.6 Å². The van der Waals surface area contributed by atoms with Crippen molar-refractivity contribution in [2.75, 3.05) is 13.1 Å². The quantitative estimate of drug-likeness (QED) is 0.523. The number of ether oxygens (including phenoxy) is 1. The van der Waals surface area contributed by atoms with Gasteiger partial charge in [-0.1, -0.05) is 37.3 Å². The lowest BCUT2D eigenvalue weighted by molar-refractivity contribution is 0.0659. The number of hydrogen-bond donors (Lipinski definition) is 1. The van der Waals surface area contributed by atoms with E-state index in [-0.39, 0.29) is 41.5 Å². The molecule has 0 radical (unpaired) electrons. The topological polar surface area (TPSA) is 80.6 Å². The molecule has 2 bridgehead atoms. The number of carbonyl (C=O) groups is 2. The Morgan fingerprint density at radius 3 is 2.53 bits per heavy atom. The largest absolute Gasteiger partial charge is 0.483 e. The molecule has 2 aromatic carbocycles. The van der Waals surface area contributed by atoms with Crippen molar-refractivity contribution in [3.05, 3.63) is 98.7 Å². The number of pyridine rings is 1. The number of carbonyl (C=O) groups excluding carboxylic acids is 2. The van der Waals surface area contributed by atoms with Crippen molar-refractivity contribution in [3.8, 4) is 5.75 Å². The van der Waals surface area contributed by atoms with Gasteiger partial charge in [0.05, 0.1) is 6.04 Å². The van der Waals surface area contributed by atoms with Gasteiger partial charge >= 0.3 is 0 Å². The molecule has 1 aromatic heterocycles. The first-order chi connectivity index (χ1) is 18.2. The van der Waals surface area contributed by atoms with Crippen LogP contribution in [0.2, 0.25) is 0 Å². The number of benzene rings is 2. The number of fused-ring (bicyclic) bond motifs is 4. The van der Waals surface area contributed by atoms with Crippen molar-refractivity contribution in [1.82, 2.24) is 14.8 Å². The van der Waals surface area contributed by atoms with E-state index in [0.29, 0.717) is 25.2 Å². The van der Waals surface area contributed by atoms with Crippen molar-refractivity contribution in [1.29, 1.82) is 0 Å². The van der Waals surface area contributed by atoms with E-state index >= 15 is 0 Å². The summed E-state index contributed by atoms with van der Waals surface area (Å²) in [6.45, 7) is 2.43. The molecule has 2 amide bonds. The maximum atomic E-state index is 14.1. The van der Waals surface area contributed by atoms with Gasteiger partial charge in [0, 0.05) is 43.5 Å². The highest BCUT2D eigenvalue weighted by molar-refractivity contribution is 5.99. The molecule has 7 nitrogen and oxygen atoms in total. The van der Waals surface area contributed by atoms with Gasteiger partial charge in [0.15, 0.2) is 11.4 Å². The number of rotatable bonds is 6. The van der Waals surface area contributed by atoms with E-state index < -0.39 is 40.9 Å². The van der Waals surface area contributed by atoms with E-state index in [4.69, 9.17) is 4.74 Å². The molecule has 38 heavy (non-hydrogen) atoms. The Bertz CT molecular complexity index is 1430. The summed E-state index contributed by atoms with van der Waals surface area (Å²) in [6, 6.07) is 9.90. The molecule has 2 atom stereocenters. The van der Waals surface area contributed by atoms with Gasteiger partial charge < -0.3 is 19.5 Å². The molecule has 5 rings (SSSR count). The summed E-state index contributed by atoms with van der Waals surface area (Å²) >= 11 is 0. The van der Waals surface area contributed by atoms with E-state index in [1.54, 1.807) is 21.6 Å². The van der Waals surface area contributed by atoms with Crippen LogP contribution in [0, 0.1) is 23.4 Å². The Labute approximate surface area is 216 Å². The van der Waals surface area contributed by atoms with E-state index in [1.807, 2.05) is 18.2 Å². The predicted molar refractivity (Wildman–Crippen MR) is 132 cm³/mol. The van der Waals surface area contributed by atoms with Crippen LogP contribution < -0.4 is 15.5 Å². The average molecular weight is 526 g/mol. The second kappa shape index (κ2) is 10.4. The summed E-state index contributed by atoms with van der Waals surface area (Å²) in [5.74, 6) is -4.74. The van der Waals surface area contributed by atoms with E-state index in [2.05, 4.69) is 12.2 Å². The highest BCUT2D eigenvalue weighted by atomic mass is 19.1. The molecule has 1 unspecified atom stereocenters. The molecule has 0 aliphatic carbocycles. The lowest BCUT2D eigenvalue weighted by atomic mass is 9.95. The summed E-state index contributed by atoms with van der Waals surface area (Å²) in [4.78, 5) is 41.9. The maximum Gasteiger partial charge on any atom is 0.274 e. The van der Waals surface area contributed by atoms with Crippen LogP contribution in [-0.4, -0.2) is 34.4 Å². The van der Waals surface area contributed by atoms with Crippen LogP contribution in [0.4, 0.5) is 13.2 Å². The van der Waals surface area contributed by atoms with Crippen molar-refractivity contribution < 1.29 is 27.5 Å². The summed E-state index contributed by atoms with van der Waals surface area (Å²) in [7, 11) is 0. The van der Waals surface area contributed by atoms with Gasteiger partial charge in [0.2, 0.25) is 5.43 Å². The molecule has 1 saturated heterocycles. The zero-order chi connectivity index (χ0) is 27.0. The zero-order valence-corrected chi connectivity index (χ0v) is 20.7.